The van der Waals surface area contributed by atoms with E-state index in [1.807, 2.05) is 12.1 Å². The highest BCUT2D eigenvalue weighted by molar-refractivity contribution is 5.63. The van der Waals surface area contributed by atoms with Crippen LogP contribution in [0.1, 0.15) is 0 Å². The molecule has 0 unspecified atom stereocenters. The lowest BCUT2D eigenvalue weighted by atomic mass is 10.2. The van der Waals surface area contributed by atoms with E-state index in [9.17, 15) is 5.11 Å². The van der Waals surface area contributed by atoms with E-state index in [0.29, 0.717) is 5.65 Å². The Morgan fingerprint density at radius 1 is 1.25 bits per heavy atom. The molecule has 0 fully saturated rings. The van der Waals surface area contributed by atoms with Gasteiger partial charge in [0.1, 0.15) is 0 Å². The second-order valence-corrected chi connectivity index (χ2v) is 3.36. The first kappa shape index (κ1) is 8.84. The van der Waals surface area contributed by atoms with Crippen LogP contribution >= 0.6 is 0 Å². The van der Waals surface area contributed by atoms with Crippen molar-refractivity contribution < 1.29 is 5.11 Å². The Morgan fingerprint density at radius 2 is 2.19 bits per heavy atom. The van der Waals surface area contributed by atoms with Gasteiger partial charge in [-0.15, -0.1) is 0 Å². The van der Waals surface area contributed by atoms with Crippen LogP contribution in [0.5, 0.6) is 5.88 Å². The minimum Gasteiger partial charge on any atom is -0.493 e. The first-order valence-electron chi connectivity index (χ1n) is 4.79. The fourth-order valence-electron chi connectivity index (χ4n) is 1.53. The van der Waals surface area contributed by atoms with Gasteiger partial charge < -0.3 is 5.11 Å². The molecule has 0 aliphatic carbocycles. The van der Waals surface area contributed by atoms with E-state index in [-0.39, 0.29) is 5.88 Å². The molecule has 0 aliphatic heterocycles. The molecule has 0 atom stereocenters. The van der Waals surface area contributed by atoms with Crippen LogP contribution in [-0.2, 0) is 0 Å². The van der Waals surface area contributed by atoms with Crippen LogP contribution in [0.25, 0.3) is 16.9 Å². The molecule has 5 heteroatoms. The van der Waals surface area contributed by atoms with Crippen LogP contribution < -0.4 is 0 Å². The number of hydrogen-bond donors (Lipinski definition) is 1. The fraction of sp³-hybridized carbons (Fsp3) is 0. The summed E-state index contributed by atoms with van der Waals surface area (Å²) in [6.07, 6.45) is 5.11. The van der Waals surface area contributed by atoms with E-state index in [0.717, 1.165) is 11.3 Å². The maximum absolute atomic E-state index is 9.25. The standard InChI is InChI=1S/C11H8N4O/c16-11-3-5-15-10(13-11)6-9(14-15)8-2-1-4-12-7-8/h1-7H,(H,13,16). The van der Waals surface area contributed by atoms with Gasteiger partial charge >= 0.3 is 0 Å². The van der Waals surface area contributed by atoms with Gasteiger partial charge in [0.15, 0.2) is 5.65 Å². The van der Waals surface area contributed by atoms with Gasteiger partial charge in [-0.1, -0.05) is 0 Å². The first-order chi connectivity index (χ1) is 7.83. The molecule has 5 nitrogen and oxygen atoms in total. The summed E-state index contributed by atoms with van der Waals surface area (Å²) < 4.78 is 1.61. The van der Waals surface area contributed by atoms with Crippen molar-refractivity contribution in [2.24, 2.45) is 0 Å². The summed E-state index contributed by atoms with van der Waals surface area (Å²) in [7, 11) is 0. The normalized spacial score (nSPS) is 10.8. The summed E-state index contributed by atoms with van der Waals surface area (Å²) in [5, 5.41) is 13.6. The Bertz CT molecular complexity index is 633. The number of fused-ring (bicyclic) bond motifs is 1. The molecule has 0 saturated heterocycles. The molecule has 0 amide bonds. The second kappa shape index (κ2) is 3.30. The van der Waals surface area contributed by atoms with Gasteiger partial charge in [-0.25, -0.2) is 4.52 Å². The van der Waals surface area contributed by atoms with Crippen LogP contribution in [0.2, 0.25) is 0 Å². The Labute approximate surface area is 91.0 Å². The summed E-state index contributed by atoms with van der Waals surface area (Å²) in [4.78, 5) is 7.99. The molecule has 0 saturated carbocycles. The lowest BCUT2D eigenvalue weighted by Crippen LogP contribution is -1.88. The summed E-state index contributed by atoms with van der Waals surface area (Å²) in [5.74, 6) is -0.00913. The van der Waals surface area contributed by atoms with Crippen molar-refractivity contribution in [3.8, 4) is 17.1 Å². The van der Waals surface area contributed by atoms with Gasteiger partial charge in [0.2, 0.25) is 5.88 Å². The molecule has 3 rings (SSSR count). The number of rotatable bonds is 1. The lowest BCUT2D eigenvalue weighted by Gasteiger charge is -1.92. The highest BCUT2D eigenvalue weighted by Crippen LogP contribution is 2.18. The third kappa shape index (κ3) is 1.38. The molecule has 0 bridgehead atoms. The zero-order valence-corrected chi connectivity index (χ0v) is 8.28. The smallest absolute Gasteiger partial charge is 0.214 e. The summed E-state index contributed by atoms with van der Waals surface area (Å²) in [6.45, 7) is 0. The first-order valence-corrected chi connectivity index (χ1v) is 4.79. The van der Waals surface area contributed by atoms with Crippen LogP contribution in [0.15, 0.2) is 42.9 Å². The second-order valence-electron chi connectivity index (χ2n) is 3.36. The van der Waals surface area contributed by atoms with Crippen molar-refractivity contribution in [1.82, 2.24) is 19.6 Å². The Kier molecular flexibility index (Phi) is 1.83. The van der Waals surface area contributed by atoms with Gasteiger partial charge in [0.25, 0.3) is 0 Å². The maximum Gasteiger partial charge on any atom is 0.214 e. The van der Waals surface area contributed by atoms with E-state index in [1.54, 1.807) is 29.2 Å². The third-order valence-electron chi connectivity index (χ3n) is 2.27. The number of pyridine rings is 1. The Morgan fingerprint density at radius 3 is 3.00 bits per heavy atom. The van der Waals surface area contributed by atoms with Crippen molar-refractivity contribution in [3.05, 3.63) is 42.9 Å². The van der Waals surface area contributed by atoms with Crippen molar-refractivity contribution in [2.75, 3.05) is 0 Å². The molecule has 3 aromatic rings. The van der Waals surface area contributed by atoms with E-state index >= 15 is 0 Å². The topological polar surface area (TPSA) is 63.3 Å². The van der Waals surface area contributed by atoms with Crippen LogP contribution in [0.4, 0.5) is 0 Å². The van der Waals surface area contributed by atoms with Gasteiger partial charge in [-0.05, 0) is 12.1 Å². The Hall–Kier alpha value is -2.43. The number of hydrogen-bond acceptors (Lipinski definition) is 4. The van der Waals surface area contributed by atoms with E-state index in [4.69, 9.17) is 0 Å². The maximum atomic E-state index is 9.25. The molecule has 78 valence electrons. The van der Waals surface area contributed by atoms with E-state index in [2.05, 4.69) is 15.1 Å². The molecule has 1 N–H and O–H groups in total. The molecule has 0 aromatic carbocycles. The number of aromatic nitrogens is 4. The number of aromatic hydroxyl groups is 1. The predicted octanol–water partition coefficient (Wildman–Crippen LogP) is 1.50. The molecule has 3 aromatic heterocycles. The highest BCUT2D eigenvalue weighted by atomic mass is 16.3. The van der Waals surface area contributed by atoms with Gasteiger partial charge in [0, 0.05) is 36.3 Å². The minimum atomic E-state index is -0.00913. The zero-order chi connectivity index (χ0) is 11.0. The fourth-order valence-corrected chi connectivity index (χ4v) is 1.53. The monoisotopic (exact) mass is 212 g/mol. The third-order valence-corrected chi connectivity index (χ3v) is 2.27. The van der Waals surface area contributed by atoms with Gasteiger partial charge in [-0.2, -0.15) is 10.1 Å². The average molecular weight is 212 g/mol. The predicted molar refractivity (Wildman–Crippen MR) is 57.9 cm³/mol. The quantitative estimate of drug-likeness (QED) is 0.663. The van der Waals surface area contributed by atoms with Crippen molar-refractivity contribution in [1.29, 1.82) is 0 Å². The van der Waals surface area contributed by atoms with Crippen molar-refractivity contribution >= 4 is 5.65 Å². The minimum absolute atomic E-state index is 0.00913. The largest absolute Gasteiger partial charge is 0.493 e. The van der Waals surface area contributed by atoms with E-state index < -0.39 is 0 Å². The molecule has 0 spiro atoms. The average Bonchev–Trinajstić information content (AvgIpc) is 2.73. The SMILES string of the molecule is Oc1ccn2nc(-c3cccnc3)cc2n1. The highest BCUT2D eigenvalue weighted by Gasteiger charge is 2.05. The molecular weight excluding hydrogens is 204 g/mol. The van der Waals surface area contributed by atoms with Gasteiger partial charge in [0.05, 0.1) is 5.69 Å². The van der Waals surface area contributed by atoms with Crippen LogP contribution in [0.3, 0.4) is 0 Å². The Balaban J connectivity index is 2.19. The molecule has 16 heavy (non-hydrogen) atoms. The number of nitrogens with zero attached hydrogens (tertiary/aromatic N) is 4. The zero-order valence-electron chi connectivity index (χ0n) is 8.28. The molecular formula is C11H8N4O. The van der Waals surface area contributed by atoms with Crippen molar-refractivity contribution in [3.63, 3.8) is 0 Å². The van der Waals surface area contributed by atoms with Crippen LogP contribution in [0, 0.1) is 0 Å². The molecule has 0 aliphatic rings. The molecule has 3 heterocycles. The van der Waals surface area contributed by atoms with Crippen LogP contribution in [-0.4, -0.2) is 24.7 Å². The summed E-state index contributed by atoms with van der Waals surface area (Å²) in [5.41, 5.74) is 2.32. The summed E-state index contributed by atoms with van der Waals surface area (Å²) >= 11 is 0. The van der Waals surface area contributed by atoms with Gasteiger partial charge in [-0.3, -0.25) is 4.98 Å². The summed E-state index contributed by atoms with van der Waals surface area (Å²) in [6, 6.07) is 7.07. The van der Waals surface area contributed by atoms with Crippen molar-refractivity contribution in [2.45, 2.75) is 0 Å². The van der Waals surface area contributed by atoms with E-state index in [1.165, 1.54) is 6.07 Å². The lowest BCUT2D eigenvalue weighted by molar-refractivity contribution is 0.453. The molecule has 0 radical (unpaired) electrons.